The minimum absolute atomic E-state index is 0.493. The van der Waals surface area contributed by atoms with Gasteiger partial charge < -0.3 is 10.2 Å². The Bertz CT molecular complexity index is 229. The fourth-order valence-electron chi connectivity index (χ4n) is 0.321. The Morgan fingerprint density at radius 3 is 2.09 bits per heavy atom. The van der Waals surface area contributed by atoms with Crippen LogP contribution in [-0.4, -0.2) is 21.4 Å². The molecule has 4 nitrogen and oxygen atoms in total. The van der Waals surface area contributed by atoms with E-state index in [0.29, 0.717) is 12.2 Å². The second kappa shape index (κ2) is 4.51. The molecule has 0 bridgehead atoms. The van der Waals surface area contributed by atoms with Gasteiger partial charge >= 0.3 is 5.97 Å². The Kier molecular flexibility index (Phi) is 3.98. The van der Waals surface area contributed by atoms with Gasteiger partial charge in [-0.2, -0.15) is 0 Å². The third-order valence-corrected chi connectivity index (χ3v) is 0.767. The zero-order chi connectivity index (χ0) is 8.85. The Morgan fingerprint density at radius 1 is 1.18 bits per heavy atom. The van der Waals surface area contributed by atoms with Gasteiger partial charge in [-0.15, -0.1) is 0 Å². The predicted molar refractivity (Wildman–Crippen MR) is 38.3 cm³/mol. The van der Waals surface area contributed by atoms with Gasteiger partial charge in [0.2, 0.25) is 5.24 Å². The molecule has 0 fully saturated rings. The fourth-order valence-corrected chi connectivity index (χ4v) is 0.433. The minimum Gasteiger partial charge on any atom is -0.508 e. The molecule has 0 aromatic heterocycles. The number of halogens is 1. The maximum Gasteiger partial charge on any atom is 0.328 e. The van der Waals surface area contributed by atoms with Crippen molar-refractivity contribution in [3.8, 4) is 0 Å². The lowest BCUT2D eigenvalue weighted by atomic mass is 10.4. The van der Waals surface area contributed by atoms with E-state index in [4.69, 9.17) is 21.8 Å². The molecule has 0 rings (SSSR count). The SMILES string of the molecule is O=C(Cl)/C=C(O)/C=C/C(=O)O. The zero-order valence-corrected chi connectivity index (χ0v) is 6.08. The molecule has 0 aromatic rings. The van der Waals surface area contributed by atoms with Crippen LogP contribution in [0.4, 0.5) is 0 Å². The molecule has 0 atom stereocenters. The maximum absolute atomic E-state index is 10.0. The summed E-state index contributed by atoms with van der Waals surface area (Å²) in [6.45, 7) is 0. The summed E-state index contributed by atoms with van der Waals surface area (Å²) in [5, 5.41) is 15.9. The van der Waals surface area contributed by atoms with Crippen LogP contribution in [0.15, 0.2) is 24.0 Å². The first-order chi connectivity index (χ1) is 5.02. The summed E-state index contributed by atoms with van der Waals surface area (Å²) in [5.74, 6) is -1.71. The molecular weight excluding hydrogens is 172 g/mol. The number of carboxylic acid groups (broad SMARTS) is 1. The molecule has 0 aliphatic carbocycles. The van der Waals surface area contributed by atoms with Crippen LogP contribution in [0.3, 0.4) is 0 Å². The van der Waals surface area contributed by atoms with Gasteiger partial charge in [0.05, 0.1) is 0 Å². The number of carbonyl (C=O) groups is 2. The summed E-state index contributed by atoms with van der Waals surface area (Å²) < 4.78 is 0. The zero-order valence-electron chi connectivity index (χ0n) is 5.32. The van der Waals surface area contributed by atoms with Crippen LogP contribution in [0.25, 0.3) is 0 Å². The molecular formula is C6H5ClO4. The summed E-state index contributed by atoms with van der Waals surface area (Å²) in [5.41, 5.74) is 0. The molecule has 0 aliphatic rings. The van der Waals surface area contributed by atoms with Gasteiger partial charge in [-0.1, -0.05) is 0 Å². The lowest BCUT2D eigenvalue weighted by Crippen LogP contribution is -1.88. The van der Waals surface area contributed by atoms with Crippen molar-refractivity contribution in [1.29, 1.82) is 0 Å². The number of aliphatic carboxylic acids is 1. The second-order valence-electron chi connectivity index (χ2n) is 1.54. The topological polar surface area (TPSA) is 74.6 Å². The average Bonchev–Trinajstić information content (AvgIpc) is 1.82. The smallest absolute Gasteiger partial charge is 0.328 e. The van der Waals surface area contributed by atoms with E-state index in [0.717, 1.165) is 6.08 Å². The van der Waals surface area contributed by atoms with Gasteiger partial charge in [-0.3, -0.25) is 4.79 Å². The van der Waals surface area contributed by atoms with Crippen molar-refractivity contribution in [1.82, 2.24) is 0 Å². The van der Waals surface area contributed by atoms with Crippen molar-refractivity contribution >= 4 is 22.8 Å². The van der Waals surface area contributed by atoms with Gasteiger partial charge in [0.1, 0.15) is 5.76 Å². The van der Waals surface area contributed by atoms with E-state index in [1.807, 2.05) is 0 Å². The van der Waals surface area contributed by atoms with Crippen LogP contribution in [0.1, 0.15) is 0 Å². The molecule has 0 unspecified atom stereocenters. The van der Waals surface area contributed by atoms with Crippen molar-refractivity contribution in [3.05, 3.63) is 24.0 Å². The molecule has 0 spiro atoms. The number of carbonyl (C=O) groups excluding carboxylic acids is 1. The number of aliphatic hydroxyl groups is 1. The Balaban J connectivity index is 4.17. The highest BCUT2D eigenvalue weighted by molar-refractivity contribution is 6.66. The van der Waals surface area contributed by atoms with E-state index >= 15 is 0 Å². The number of carboxylic acids is 1. The average molecular weight is 177 g/mol. The standard InChI is InChI=1S/C6H5ClO4/c7-5(9)3-4(8)1-2-6(10)11/h1-3,8H,(H,10,11)/b2-1+,4-3-. The summed E-state index contributed by atoms with van der Waals surface area (Å²) in [7, 11) is 0. The number of hydrogen-bond acceptors (Lipinski definition) is 3. The third-order valence-electron chi connectivity index (χ3n) is 0.658. The van der Waals surface area contributed by atoms with Crippen molar-refractivity contribution in [2.45, 2.75) is 0 Å². The van der Waals surface area contributed by atoms with Gasteiger partial charge in [0.15, 0.2) is 0 Å². The minimum atomic E-state index is -1.22. The van der Waals surface area contributed by atoms with Crippen LogP contribution < -0.4 is 0 Å². The third kappa shape index (κ3) is 6.60. The number of allylic oxidation sites excluding steroid dienone is 2. The molecule has 0 saturated carbocycles. The monoisotopic (exact) mass is 176 g/mol. The van der Waals surface area contributed by atoms with Gasteiger partial charge in [0.25, 0.3) is 0 Å². The normalized spacial score (nSPS) is 11.9. The van der Waals surface area contributed by atoms with Crippen LogP contribution in [-0.2, 0) is 9.59 Å². The van der Waals surface area contributed by atoms with Crippen molar-refractivity contribution in [3.63, 3.8) is 0 Å². The van der Waals surface area contributed by atoms with Gasteiger partial charge in [-0.05, 0) is 17.7 Å². The van der Waals surface area contributed by atoms with Crippen molar-refractivity contribution in [2.75, 3.05) is 0 Å². The van der Waals surface area contributed by atoms with Crippen LogP contribution in [0, 0.1) is 0 Å². The Labute approximate surface area is 67.4 Å². The summed E-state index contributed by atoms with van der Waals surface area (Å²) in [4.78, 5) is 19.9. The Morgan fingerprint density at radius 2 is 1.73 bits per heavy atom. The first kappa shape index (κ1) is 9.71. The summed E-state index contributed by atoms with van der Waals surface area (Å²) in [6, 6.07) is 0. The van der Waals surface area contributed by atoms with Crippen LogP contribution >= 0.6 is 11.6 Å². The highest BCUT2D eigenvalue weighted by Gasteiger charge is 1.92. The highest BCUT2D eigenvalue weighted by atomic mass is 35.5. The largest absolute Gasteiger partial charge is 0.508 e. The predicted octanol–water partition coefficient (Wildman–Crippen LogP) is 0.835. The van der Waals surface area contributed by atoms with Crippen molar-refractivity contribution < 1.29 is 19.8 Å². The number of aliphatic hydroxyl groups excluding tert-OH is 1. The molecule has 0 radical (unpaired) electrons. The quantitative estimate of drug-likeness (QED) is 0.289. The molecule has 0 aromatic carbocycles. The maximum atomic E-state index is 10.0. The molecule has 11 heavy (non-hydrogen) atoms. The van der Waals surface area contributed by atoms with E-state index in [2.05, 4.69) is 0 Å². The molecule has 2 N–H and O–H groups in total. The van der Waals surface area contributed by atoms with Crippen LogP contribution in [0.2, 0.25) is 0 Å². The molecule has 5 heteroatoms. The summed E-state index contributed by atoms with van der Waals surface area (Å²) >= 11 is 4.83. The molecule has 0 saturated heterocycles. The van der Waals surface area contributed by atoms with E-state index in [1.54, 1.807) is 0 Å². The highest BCUT2D eigenvalue weighted by Crippen LogP contribution is 1.93. The number of hydrogen-bond donors (Lipinski definition) is 2. The van der Waals surface area contributed by atoms with E-state index in [1.165, 1.54) is 0 Å². The first-order valence-corrected chi connectivity index (χ1v) is 2.91. The van der Waals surface area contributed by atoms with Gasteiger partial charge in [0, 0.05) is 12.2 Å². The second-order valence-corrected chi connectivity index (χ2v) is 1.92. The lowest BCUT2D eigenvalue weighted by Gasteiger charge is -1.85. The number of rotatable bonds is 3. The van der Waals surface area contributed by atoms with E-state index in [9.17, 15) is 9.59 Å². The Hall–Kier alpha value is -1.29. The fraction of sp³-hybridized carbons (Fsp3) is 0. The summed E-state index contributed by atoms with van der Waals surface area (Å²) in [6.07, 6.45) is 2.23. The van der Waals surface area contributed by atoms with Crippen molar-refractivity contribution in [2.24, 2.45) is 0 Å². The van der Waals surface area contributed by atoms with Crippen LogP contribution in [0.5, 0.6) is 0 Å². The molecule has 60 valence electrons. The first-order valence-electron chi connectivity index (χ1n) is 2.53. The van der Waals surface area contributed by atoms with E-state index < -0.39 is 17.0 Å². The molecule has 0 amide bonds. The van der Waals surface area contributed by atoms with E-state index in [-0.39, 0.29) is 0 Å². The lowest BCUT2D eigenvalue weighted by molar-refractivity contribution is -0.131. The van der Waals surface area contributed by atoms with Gasteiger partial charge in [-0.25, -0.2) is 4.79 Å². The molecule has 0 aliphatic heterocycles. The molecule has 0 heterocycles.